The summed E-state index contributed by atoms with van der Waals surface area (Å²) in [6, 6.07) is 15.6. The Morgan fingerprint density at radius 3 is 2.35 bits per heavy atom. The van der Waals surface area contributed by atoms with Crippen LogP contribution in [0.4, 0.5) is 0 Å². The molecular formula is C24H19Cl3O4. The van der Waals surface area contributed by atoms with E-state index in [4.69, 9.17) is 49.0 Å². The number of ketones is 1. The Balaban J connectivity index is 1.79. The van der Waals surface area contributed by atoms with Crippen molar-refractivity contribution in [1.82, 2.24) is 0 Å². The van der Waals surface area contributed by atoms with Gasteiger partial charge in [-0.05, 0) is 48.0 Å². The number of carbonyl (C=O) groups excluding carboxylic acids is 1. The molecule has 0 fully saturated rings. The second-order valence-corrected chi connectivity index (χ2v) is 7.74. The number of carbonyl (C=O) groups is 1. The molecular weight excluding hydrogens is 459 g/mol. The summed E-state index contributed by atoms with van der Waals surface area (Å²) in [5.74, 6) is 1.47. The fourth-order valence-corrected chi connectivity index (χ4v) is 3.80. The lowest BCUT2D eigenvalue weighted by Gasteiger charge is -2.13. The maximum Gasteiger partial charge on any atom is 0.185 e. The lowest BCUT2D eigenvalue weighted by molar-refractivity contribution is 0.104. The highest BCUT2D eigenvalue weighted by atomic mass is 35.5. The van der Waals surface area contributed by atoms with Crippen molar-refractivity contribution in [2.24, 2.45) is 0 Å². The third kappa shape index (κ3) is 5.95. The monoisotopic (exact) mass is 476 g/mol. The first kappa shape index (κ1) is 23.0. The molecule has 0 saturated carbocycles. The van der Waals surface area contributed by atoms with Gasteiger partial charge in [0.25, 0.3) is 0 Å². The minimum atomic E-state index is -0.132. The van der Waals surface area contributed by atoms with Gasteiger partial charge < -0.3 is 14.2 Å². The van der Waals surface area contributed by atoms with Crippen molar-refractivity contribution in [3.8, 4) is 17.2 Å². The van der Waals surface area contributed by atoms with E-state index in [1.807, 2.05) is 12.1 Å². The molecule has 3 aromatic carbocycles. The molecule has 0 bridgehead atoms. The predicted octanol–water partition coefficient (Wildman–Crippen LogP) is 7.14. The normalized spacial score (nSPS) is 10.9. The molecule has 0 saturated heterocycles. The quantitative estimate of drug-likeness (QED) is 0.255. The summed E-state index contributed by atoms with van der Waals surface area (Å²) < 4.78 is 16.4. The number of benzene rings is 3. The van der Waals surface area contributed by atoms with Gasteiger partial charge in [-0.2, -0.15) is 0 Å². The van der Waals surface area contributed by atoms with Crippen LogP contribution in [0, 0.1) is 0 Å². The molecule has 0 radical (unpaired) electrons. The van der Waals surface area contributed by atoms with Crippen LogP contribution in [0.1, 0.15) is 21.5 Å². The molecule has 0 aliphatic heterocycles. The van der Waals surface area contributed by atoms with Gasteiger partial charge in [-0.3, -0.25) is 4.79 Å². The van der Waals surface area contributed by atoms with Crippen LogP contribution in [0.25, 0.3) is 6.08 Å². The average molecular weight is 478 g/mol. The SMILES string of the molecule is COc1cccc(C(=O)/C=C/c2ccc(OC)c(COc3c(Cl)cc(Cl)cc3Cl)c2)c1. The van der Waals surface area contributed by atoms with Crippen LogP contribution in [-0.2, 0) is 6.61 Å². The molecule has 0 N–H and O–H groups in total. The molecule has 160 valence electrons. The van der Waals surface area contributed by atoms with Crippen molar-refractivity contribution in [3.05, 3.63) is 92.4 Å². The predicted molar refractivity (Wildman–Crippen MR) is 125 cm³/mol. The molecule has 3 rings (SSSR count). The van der Waals surface area contributed by atoms with E-state index in [1.54, 1.807) is 62.8 Å². The number of ether oxygens (including phenoxy) is 3. The third-order valence-electron chi connectivity index (χ3n) is 4.42. The van der Waals surface area contributed by atoms with Crippen molar-refractivity contribution in [1.29, 1.82) is 0 Å². The van der Waals surface area contributed by atoms with E-state index in [2.05, 4.69) is 0 Å². The Morgan fingerprint density at radius 1 is 0.935 bits per heavy atom. The topological polar surface area (TPSA) is 44.8 Å². The van der Waals surface area contributed by atoms with Gasteiger partial charge in [0.2, 0.25) is 0 Å². The van der Waals surface area contributed by atoms with Gasteiger partial charge >= 0.3 is 0 Å². The minimum absolute atomic E-state index is 0.132. The molecule has 31 heavy (non-hydrogen) atoms. The molecule has 4 nitrogen and oxygen atoms in total. The Kier molecular flexibility index (Phi) is 7.85. The number of halogens is 3. The molecule has 0 unspecified atom stereocenters. The van der Waals surface area contributed by atoms with Crippen LogP contribution in [0.3, 0.4) is 0 Å². The number of hydrogen-bond acceptors (Lipinski definition) is 4. The Hall–Kier alpha value is -2.66. The molecule has 0 aliphatic rings. The minimum Gasteiger partial charge on any atom is -0.497 e. The van der Waals surface area contributed by atoms with E-state index in [0.717, 1.165) is 11.1 Å². The largest absolute Gasteiger partial charge is 0.497 e. The van der Waals surface area contributed by atoms with Crippen LogP contribution in [0.15, 0.2) is 60.7 Å². The van der Waals surface area contributed by atoms with Crippen LogP contribution in [0.5, 0.6) is 17.2 Å². The molecule has 0 atom stereocenters. The standard InChI is InChI=1S/C24H19Cl3O4/c1-29-19-5-3-4-16(11-19)22(28)8-6-15-7-9-23(30-2)17(10-15)14-31-24-20(26)12-18(25)13-21(24)27/h3-13H,14H2,1-2H3/b8-6+. The van der Waals surface area contributed by atoms with Crippen LogP contribution in [-0.4, -0.2) is 20.0 Å². The molecule has 3 aromatic rings. The third-order valence-corrected chi connectivity index (χ3v) is 5.20. The van der Waals surface area contributed by atoms with Gasteiger partial charge in [-0.25, -0.2) is 0 Å². The zero-order chi connectivity index (χ0) is 22.4. The lowest BCUT2D eigenvalue weighted by atomic mass is 10.1. The first-order chi connectivity index (χ1) is 14.9. The van der Waals surface area contributed by atoms with Crippen molar-refractivity contribution >= 4 is 46.7 Å². The first-order valence-corrected chi connectivity index (χ1v) is 10.4. The fourth-order valence-electron chi connectivity index (χ4n) is 2.88. The summed E-state index contributed by atoms with van der Waals surface area (Å²) in [5.41, 5.74) is 2.11. The van der Waals surface area contributed by atoms with Crippen LogP contribution >= 0.6 is 34.8 Å². The maximum atomic E-state index is 12.5. The second kappa shape index (κ2) is 10.6. The summed E-state index contributed by atoms with van der Waals surface area (Å²) >= 11 is 18.3. The second-order valence-electron chi connectivity index (χ2n) is 6.49. The highest BCUT2D eigenvalue weighted by Crippen LogP contribution is 2.36. The Labute approximate surface area is 195 Å². The fraction of sp³-hybridized carbons (Fsp3) is 0.125. The molecule has 0 spiro atoms. The van der Waals surface area contributed by atoms with E-state index < -0.39 is 0 Å². The zero-order valence-electron chi connectivity index (χ0n) is 16.8. The van der Waals surface area contributed by atoms with Gasteiger partial charge in [0.1, 0.15) is 18.1 Å². The van der Waals surface area contributed by atoms with Gasteiger partial charge in [0, 0.05) is 16.1 Å². The number of allylic oxidation sites excluding steroid dienone is 1. The highest BCUT2D eigenvalue weighted by Gasteiger charge is 2.12. The van der Waals surface area contributed by atoms with Crippen molar-refractivity contribution in [3.63, 3.8) is 0 Å². The summed E-state index contributed by atoms with van der Waals surface area (Å²) in [6.45, 7) is 0.162. The summed E-state index contributed by atoms with van der Waals surface area (Å²) in [6.07, 6.45) is 3.24. The van der Waals surface area contributed by atoms with Crippen molar-refractivity contribution in [2.45, 2.75) is 6.61 Å². The van der Waals surface area contributed by atoms with Crippen LogP contribution < -0.4 is 14.2 Å². The van der Waals surface area contributed by atoms with Crippen LogP contribution in [0.2, 0.25) is 15.1 Å². The van der Waals surface area contributed by atoms with E-state index >= 15 is 0 Å². The molecule has 0 aliphatic carbocycles. The van der Waals surface area contributed by atoms with Crippen molar-refractivity contribution < 1.29 is 19.0 Å². The van der Waals surface area contributed by atoms with Gasteiger partial charge in [0.05, 0.1) is 24.3 Å². The highest BCUT2D eigenvalue weighted by molar-refractivity contribution is 6.40. The summed E-state index contributed by atoms with van der Waals surface area (Å²) in [4.78, 5) is 12.5. The Bertz CT molecular complexity index is 1100. The molecule has 0 amide bonds. The number of hydrogen-bond donors (Lipinski definition) is 0. The lowest BCUT2D eigenvalue weighted by Crippen LogP contribution is -2.00. The van der Waals surface area contributed by atoms with Gasteiger partial charge in [-0.15, -0.1) is 0 Å². The summed E-state index contributed by atoms with van der Waals surface area (Å²) in [5, 5.41) is 1.06. The first-order valence-electron chi connectivity index (χ1n) is 9.22. The number of methoxy groups -OCH3 is 2. The zero-order valence-corrected chi connectivity index (χ0v) is 19.1. The molecule has 0 aromatic heterocycles. The maximum absolute atomic E-state index is 12.5. The van der Waals surface area contributed by atoms with Gasteiger partial charge in [-0.1, -0.05) is 59.1 Å². The van der Waals surface area contributed by atoms with E-state index in [0.29, 0.717) is 37.9 Å². The van der Waals surface area contributed by atoms with E-state index in [1.165, 1.54) is 6.08 Å². The molecule has 0 heterocycles. The summed E-state index contributed by atoms with van der Waals surface area (Å²) in [7, 11) is 3.13. The molecule has 7 heteroatoms. The van der Waals surface area contributed by atoms with Gasteiger partial charge in [0.15, 0.2) is 11.5 Å². The van der Waals surface area contributed by atoms with E-state index in [-0.39, 0.29) is 12.4 Å². The Morgan fingerprint density at radius 2 is 1.68 bits per heavy atom. The van der Waals surface area contributed by atoms with Crippen molar-refractivity contribution in [2.75, 3.05) is 14.2 Å². The van der Waals surface area contributed by atoms with E-state index in [9.17, 15) is 4.79 Å². The number of rotatable bonds is 8. The average Bonchev–Trinajstić information content (AvgIpc) is 2.76. The smallest absolute Gasteiger partial charge is 0.185 e.